The Kier molecular flexibility index (Phi) is 6.13. The molecular weight excluding hydrogens is 406 g/mol. The van der Waals surface area contributed by atoms with Gasteiger partial charge in [-0.2, -0.15) is 5.10 Å². The van der Waals surface area contributed by atoms with E-state index in [0.717, 1.165) is 5.56 Å². The molecule has 1 aromatic carbocycles. The van der Waals surface area contributed by atoms with Crippen LogP contribution in [-0.2, 0) is 18.0 Å². The number of alkyl halides is 2. The van der Waals surface area contributed by atoms with E-state index in [1.54, 1.807) is 12.3 Å². The number of aliphatic hydroxyl groups is 1. The van der Waals surface area contributed by atoms with Crippen molar-refractivity contribution < 1.29 is 23.4 Å². The number of ether oxygens (including phenoxy) is 1. The molecule has 0 aliphatic heterocycles. The van der Waals surface area contributed by atoms with Crippen molar-refractivity contribution in [2.75, 3.05) is 0 Å². The van der Waals surface area contributed by atoms with Gasteiger partial charge in [0.25, 0.3) is 0 Å². The molecule has 1 saturated carbocycles. The lowest BCUT2D eigenvalue weighted by Crippen LogP contribution is -2.37. The molecule has 4 rings (SSSR count). The van der Waals surface area contributed by atoms with Crippen LogP contribution in [-0.4, -0.2) is 31.7 Å². The SMILES string of the molecule is O=C(N[C@H](c1cn2ncc(CO)cc2n1)C1CCC(F)(F)CC1)OCc1ccccc1. The summed E-state index contributed by atoms with van der Waals surface area (Å²) in [6.45, 7) is -0.0639. The second-order valence-electron chi connectivity index (χ2n) is 7.87. The van der Waals surface area contributed by atoms with E-state index in [2.05, 4.69) is 15.4 Å². The van der Waals surface area contributed by atoms with Crippen LogP contribution in [0, 0.1) is 5.92 Å². The van der Waals surface area contributed by atoms with E-state index in [4.69, 9.17) is 4.74 Å². The van der Waals surface area contributed by atoms with Crippen LogP contribution in [0.2, 0.25) is 0 Å². The maximum Gasteiger partial charge on any atom is 0.408 e. The number of hydrogen-bond acceptors (Lipinski definition) is 5. The summed E-state index contributed by atoms with van der Waals surface area (Å²) < 4.78 is 34.3. The van der Waals surface area contributed by atoms with Crippen LogP contribution in [0.4, 0.5) is 13.6 Å². The van der Waals surface area contributed by atoms with Crippen LogP contribution in [0.1, 0.15) is 48.5 Å². The van der Waals surface area contributed by atoms with Crippen molar-refractivity contribution >= 4 is 11.7 Å². The molecule has 1 fully saturated rings. The van der Waals surface area contributed by atoms with Gasteiger partial charge in [-0.3, -0.25) is 0 Å². The Bertz CT molecular complexity index is 1030. The van der Waals surface area contributed by atoms with Gasteiger partial charge < -0.3 is 15.2 Å². The first-order valence-electron chi connectivity index (χ1n) is 10.2. The van der Waals surface area contributed by atoms with Crippen molar-refractivity contribution in [2.45, 2.75) is 50.9 Å². The number of nitrogens with one attached hydrogen (secondary N) is 1. The molecule has 164 valence electrons. The minimum atomic E-state index is -2.68. The van der Waals surface area contributed by atoms with E-state index >= 15 is 0 Å². The minimum Gasteiger partial charge on any atom is -0.445 e. The summed E-state index contributed by atoms with van der Waals surface area (Å²) in [5, 5.41) is 16.4. The maximum atomic E-state index is 13.7. The quantitative estimate of drug-likeness (QED) is 0.617. The third-order valence-electron chi connectivity index (χ3n) is 5.62. The van der Waals surface area contributed by atoms with E-state index in [-0.39, 0.29) is 44.8 Å². The highest BCUT2D eigenvalue weighted by molar-refractivity contribution is 5.68. The Balaban J connectivity index is 1.53. The van der Waals surface area contributed by atoms with Gasteiger partial charge in [0.05, 0.1) is 30.7 Å². The van der Waals surface area contributed by atoms with Crippen molar-refractivity contribution in [3.63, 3.8) is 0 Å². The summed E-state index contributed by atoms with van der Waals surface area (Å²) >= 11 is 0. The molecule has 0 bridgehead atoms. The number of benzene rings is 1. The van der Waals surface area contributed by atoms with E-state index in [1.165, 1.54) is 10.7 Å². The van der Waals surface area contributed by atoms with Crippen molar-refractivity contribution in [3.8, 4) is 0 Å². The number of amides is 1. The van der Waals surface area contributed by atoms with Gasteiger partial charge >= 0.3 is 6.09 Å². The molecule has 0 radical (unpaired) electrons. The molecule has 3 aromatic rings. The number of nitrogens with zero attached hydrogens (tertiary/aromatic N) is 3. The average Bonchev–Trinajstić information content (AvgIpc) is 3.20. The smallest absolute Gasteiger partial charge is 0.408 e. The molecule has 1 amide bonds. The predicted molar refractivity (Wildman–Crippen MR) is 108 cm³/mol. The predicted octanol–water partition coefficient (Wildman–Crippen LogP) is 4.01. The fourth-order valence-electron chi connectivity index (χ4n) is 3.89. The normalized spacial score (nSPS) is 17.4. The molecule has 2 aromatic heterocycles. The number of halogens is 2. The third kappa shape index (κ3) is 5.16. The molecule has 1 aliphatic carbocycles. The lowest BCUT2D eigenvalue weighted by Gasteiger charge is -2.33. The third-order valence-corrected chi connectivity index (χ3v) is 5.62. The summed E-state index contributed by atoms with van der Waals surface area (Å²) in [5.41, 5.74) is 2.48. The molecular formula is C22H24F2N4O3. The number of aromatic nitrogens is 3. The van der Waals surface area contributed by atoms with Gasteiger partial charge in [-0.25, -0.2) is 23.1 Å². The molecule has 0 spiro atoms. The number of carbonyl (C=O) groups is 1. The Morgan fingerprint density at radius 1 is 1.26 bits per heavy atom. The van der Waals surface area contributed by atoms with Gasteiger partial charge in [0.2, 0.25) is 5.92 Å². The highest BCUT2D eigenvalue weighted by atomic mass is 19.3. The Labute approximate surface area is 178 Å². The van der Waals surface area contributed by atoms with Crippen LogP contribution >= 0.6 is 0 Å². The lowest BCUT2D eigenvalue weighted by atomic mass is 9.81. The molecule has 1 atom stereocenters. The fraction of sp³-hybridized carbons (Fsp3) is 0.409. The summed E-state index contributed by atoms with van der Waals surface area (Å²) in [6, 6.07) is 10.4. The Hall–Kier alpha value is -3.07. The first-order chi connectivity index (χ1) is 14.9. The van der Waals surface area contributed by atoms with Crippen LogP contribution in [0.25, 0.3) is 5.65 Å². The lowest BCUT2D eigenvalue weighted by molar-refractivity contribution is -0.0497. The highest BCUT2D eigenvalue weighted by Crippen LogP contribution is 2.41. The fourth-order valence-corrected chi connectivity index (χ4v) is 3.89. The Morgan fingerprint density at radius 3 is 2.71 bits per heavy atom. The zero-order valence-corrected chi connectivity index (χ0v) is 16.9. The summed E-state index contributed by atoms with van der Waals surface area (Å²) in [5.74, 6) is -2.88. The maximum absolute atomic E-state index is 13.7. The molecule has 2 N–H and O–H groups in total. The number of hydrogen-bond donors (Lipinski definition) is 2. The van der Waals surface area contributed by atoms with E-state index in [1.807, 2.05) is 30.3 Å². The number of carbonyl (C=O) groups excluding carboxylic acids is 1. The highest BCUT2D eigenvalue weighted by Gasteiger charge is 2.39. The molecule has 0 saturated heterocycles. The monoisotopic (exact) mass is 430 g/mol. The van der Waals surface area contributed by atoms with Crippen molar-refractivity contribution in [1.82, 2.24) is 19.9 Å². The summed E-state index contributed by atoms with van der Waals surface area (Å²) in [7, 11) is 0. The van der Waals surface area contributed by atoms with Gasteiger partial charge in [-0.1, -0.05) is 30.3 Å². The van der Waals surface area contributed by atoms with Crippen LogP contribution < -0.4 is 5.32 Å². The summed E-state index contributed by atoms with van der Waals surface area (Å²) in [6.07, 6.45) is 2.64. The van der Waals surface area contributed by atoms with E-state index in [9.17, 15) is 18.7 Å². The van der Waals surface area contributed by atoms with Gasteiger partial charge in [0.1, 0.15) is 6.61 Å². The van der Waals surface area contributed by atoms with E-state index in [0.29, 0.717) is 16.9 Å². The van der Waals surface area contributed by atoms with Crippen LogP contribution in [0.15, 0.2) is 48.8 Å². The van der Waals surface area contributed by atoms with E-state index < -0.39 is 18.1 Å². The molecule has 31 heavy (non-hydrogen) atoms. The van der Waals surface area contributed by atoms with Gasteiger partial charge in [0, 0.05) is 18.4 Å². The molecule has 1 aliphatic rings. The van der Waals surface area contributed by atoms with Crippen molar-refractivity contribution in [3.05, 3.63) is 65.6 Å². The topological polar surface area (TPSA) is 88.8 Å². The number of imidazole rings is 1. The van der Waals surface area contributed by atoms with Gasteiger partial charge in [-0.15, -0.1) is 0 Å². The van der Waals surface area contributed by atoms with Crippen LogP contribution in [0.5, 0.6) is 0 Å². The van der Waals surface area contributed by atoms with Crippen molar-refractivity contribution in [2.24, 2.45) is 5.92 Å². The zero-order valence-electron chi connectivity index (χ0n) is 16.9. The second kappa shape index (κ2) is 8.97. The molecule has 9 heteroatoms. The first-order valence-corrected chi connectivity index (χ1v) is 10.2. The molecule has 7 nitrogen and oxygen atoms in total. The Morgan fingerprint density at radius 2 is 2.00 bits per heavy atom. The molecule has 2 heterocycles. The largest absolute Gasteiger partial charge is 0.445 e. The minimum absolute atomic E-state index is 0.106. The van der Waals surface area contributed by atoms with Crippen molar-refractivity contribution in [1.29, 1.82) is 0 Å². The van der Waals surface area contributed by atoms with Crippen LogP contribution in [0.3, 0.4) is 0 Å². The zero-order chi connectivity index (χ0) is 21.8. The second-order valence-corrected chi connectivity index (χ2v) is 7.87. The number of rotatable bonds is 6. The number of aliphatic hydroxyl groups excluding tert-OH is 1. The van der Waals surface area contributed by atoms with Gasteiger partial charge in [-0.05, 0) is 30.4 Å². The number of fused-ring (bicyclic) bond motifs is 1. The average molecular weight is 430 g/mol. The first kappa shape index (κ1) is 21.2. The number of alkyl carbamates (subject to hydrolysis) is 1. The van der Waals surface area contributed by atoms with Gasteiger partial charge in [0.15, 0.2) is 5.65 Å². The summed E-state index contributed by atoms with van der Waals surface area (Å²) in [4.78, 5) is 17.1. The molecule has 0 unspecified atom stereocenters. The standard InChI is InChI=1S/C22H24F2N4O3/c23-22(24)8-6-17(7-9-22)20(27-21(30)31-14-15-4-2-1-3-5-15)18-12-28-19(26-18)10-16(13-29)11-25-28/h1-5,10-12,17,20,29H,6-9,13-14H2,(H,27,30)/t20-/m0/s1.